The molecule has 0 unspecified atom stereocenters. The van der Waals surface area contributed by atoms with Gasteiger partial charge in [0, 0.05) is 58.8 Å². The van der Waals surface area contributed by atoms with Crippen molar-refractivity contribution in [3.05, 3.63) is 42.2 Å². The van der Waals surface area contributed by atoms with Crippen LogP contribution in [0.1, 0.15) is 37.3 Å². The first-order valence-electron chi connectivity index (χ1n) is 10.0. The lowest BCUT2D eigenvalue weighted by atomic mass is 10.1. The highest BCUT2D eigenvalue weighted by Gasteiger charge is 2.27. The lowest BCUT2D eigenvalue weighted by Gasteiger charge is -2.32. The Morgan fingerprint density at radius 2 is 2.04 bits per heavy atom. The molecule has 5 rings (SSSR count). The summed E-state index contributed by atoms with van der Waals surface area (Å²) in [6.45, 7) is 1.88. The number of carbonyl (C=O) groups is 1. The minimum atomic E-state index is 0.115. The largest absolute Gasteiger partial charge is 0.360 e. The molecule has 0 spiro atoms. The molecule has 7 heteroatoms. The van der Waals surface area contributed by atoms with Crippen molar-refractivity contribution >= 4 is 34.4 Å². The lowest BCUT2D eigenvalue weighted by molar-refractivity contribution is -0.119. The Balaban J connectivity index is 1.09. The normalized spacial score (nSPS) is 17.9. The summed E-state index contributed by atoms with van der Waals surface area (Å²) in [5.74, 6) is 2.32. The maximum Gasteiger partial charge on any atom is 0.230 e. The van der Waals surface area contributed by atoms with Crippen molar-refractivity contribution in [2.24, 2.45) is 0 Å². The van der Waals surface area contributed by atoms with Crippen molar-refractivity contribution in [1.29, 1.82) is 0 Å². The van der Waals surface area contributed by atoms with Crippen molar-refractivity contribution in [3.63, 3.8) is 0 Å². The van der Waals surface area contributed by atoms with Gasteiger partial charge in [0.1, 0.15) is 0 Å². The number of rotatable bonds is 6. The Morgan fingerprint density at radius 1 is 1.21 bits per heavy atom. The molecule has 28 heavy (non-hydrogen) atoms. The Labute approximate surface area is 168 Å². The van der Waals surface area contributed by atoms with E-state index in [1.54, 1.807) is 11.8 Å². The van der Waals surface area contributed by atoms with Crippen LogP contribution in [0.25, 0.3) is 10.9 Å². The van der Waals surface area contributed by atoms with Crippen LogP contribution in [0.5, 0.6) is 0 Å². The molecule has 3 aromatic rings. The van der Waals surface area contributed by atoms with Gasteiger partial charge in [-0.1, -0.05) is 18.2 Å². The van der Waals surface area contributed by atoms with Gasteiger partial charge in [-0.3, -0.25) is 9.89 Å². The van der Waals surface area contributed by atoms with Crippen molar-refractivity contribution in [1.82, 2.24) is 20.5 Å². The van der Waals surface area contributed by atoms with Crippen LogP contribution in [0.3, 0.4) is 0 Å². The predicted octanol–water partition coefficient (Wildman–Crippen LogP) is 3.65. The van der Waals surface area contributed by atoms with E-state index in [1.807, 2.05) is 18.3 Å². The topological polar surface area (TPSA) is 76.8 Å². The molecular formula is C21H25N5OS. The zero-order valence-electron chi connectivity index (χ0n) is 15.8. The number of para-hydroxylation sites is 1. The second kappa shape index (κ2) is 7.54. The maximum atomic E-state index is 12.4. The first-order valence-corrected chi connectivity index (χ1v) is 11.0. The molecule has 2 fully saturated rings. The number of H-pyrrole nitrogens is 2. The summed E-state index contributed by atoms with van der Waals surface area (Å²) in [5, 5.41) is 12.1. The number of anilines is 1. The summed E-state index contributed by atoms with van der Waals surface area (Å²) >= 11 is 1.59. The van der Waals surface area contributed by atoms with Gasteiger partial charge in [-0.15, -0.1) is 11.8 Å². The van der Waals surface area contributed by atoms with Gasteiger partial charge < -0.3 is 15.2 Å². The Morgan fingerprint density at radius 3 is 2.86 bits per heavy atom. The first kappa shape index (κ1) is 17.7. The molecule has 1 saturated carbocycles. The SMILES string of the molecule is O=C(CSc1c[nH]c2ccccc12)NC1CCN(c2cc(C3CC3)[nH]n2)CC1. The number of benzene rings is 1. The average Bonchev–Trinajstić information content (AvgIpc) is 3.31. The molecule has 2 aliphatic rings. The van der Waals surface area contributed by atoms with E-state index in [4.69, 9.17) is 0 Å². The fourth-order valence-corrected chi connectivity index (χ4v) is 4.77. The highest BCUT2D eigenvalue weighted by molar-refractivity contribution is 8.00. The zero-order chi connectivity index (χ0) is 18.9. The summed E-state index contributed by atoms with van der Waals surface area (Å²) in [6.07, 6.45) is 6.49. The fraction of sp³-hybridized carbons (Fsp3) is 0.429. The van der Waals surface area contributed by atoms with Gasteiger partial charge in [0.15, 0.2) is 5.82 Å². The van der Waals surface area contributed by atoms with Gasteiger partial charge in [-0.25, -0.2) is 0 Å². The van der Waals surface area contributed by atoms with Crippen molar-refractivity contribution < 1.29 is 4.79 Å². The second-order valence-corrected chi connectivity index (χ2v) is 8.79. The molecule has 0 radical (unpaired) electrons. The van der Waals surface area contributed by atoms with Gasteiger partial charge in [-0.05, 0) is 31.7 Å². The Hall–Kier alpha value is -2.41. The summed E-state index contributed by atoms with van der Waals surface area (Å²) in [4.78, 5) is 19.1. The number of fused-ring (bicyclic) bond motifs is 1. The first-order chi connectivity index (χ1) is 13.8. The van der Waals surface area contributed by atoms with Crippen LogP contribution in [0.4, 0.5) is 5.82 Å². The Bertz CT molecular complexity index is 968. The van der Waals surface area contributed by atoms with E-state index < -0.39 is 0 Å². The van der Waals surface area contributed by atoms with Crippen molar-refractivity contribution in [3.8, 4) is 0 Å². The van der Waals surface area contributed by atoms with Crippen LogP contribution in [0.15, 0.2) is 41.4 Å². The number of hydrogen-bond acceptors (Lipinski definition) is 4. The van der Waals surface area contributed by atoms with Gasteiger partial charge in [-0.2, -0.15) is 5.10 Å². The molecule has 1 amide bonds. The van der Waals surface area contributed by atoms with E-state index >= 15 is 0 Å². The van der Waals surface area contributed by atoms with E-state index in [2.05, 4.69) is 43.6 Å². The third-order valence-corrected chi connectivity index (χ3v) is 6.75. The van der Waals surface area contributed by atoms with Crippen molar-refractivity contribution in [2.75, 3.05) is 23.7 Å². The Kier molecular flexibility index (Phi) is 4.76. The van der Waals surface area contributed by atoms with Gasteiger partial charge in [0.2, 0.25) is 5.91 Å². The standard InChI is InChI=1S/C21H25N5OS/c27-21(13-28-19-12-22-17-4-2-1-3-16(17)19)23-15-7-9-26(10-8-15)20-11-18(24-25-20)14-5-6-14/h1-4,11-12,14-15,22H,5-10,13H2,(H,23,27)(H,24,25). The predicted molar refractivity (Wildman–Crippen MR) is 113 cm³/mol. The monoisotopic (exact) mass is 395 g/mol. The van der Waals surface area contributed by atoms with E-state index in [-0.39, 0.29) is 11.9 Å². The van der Waals surface area contributed by atoms with Gasteiger partial charge >= 0.3 is 0 Å². The second-order valence-electron chi connectivity index (χ2n) is 7.77. The number of hydrogen-bond donors (Lipinski definition) is 3. The number of nitrogens with one attached hydrogen (secondary N) is 3. The van der Waals surface area contributed by atoms with Crippen LogP contribution in [-0.4, -0.2) is 46.0 Å². The van der Waals surface area contributed by atoms with E-state index in [0.717, 1.165) is 42.2 Å². The molecule has 146 valence electrons. The lowest BCUT2D eigenvalue weighted by Crippen LogP contribution is -2.45. The highest BCUT2D eigenvalue weighted by atomic mass is 32.2. The average molecular weight is 396 g/mol. The molecule has 2 aromatic heterocycles. The fourth-order valence-electron chi connectivity index (χ4n) is 3.92. The smallest absolute Gasteiger partial charge is 0.230 e. The molecule has 6 nitrogen and oxygen atoms in total. The third-order valence-electron chi connectivity index (χ3n) is 5.70. The molecular weight excluding hydrogens is 370 g/mol. The van der Waals surface area contributed by atoms with Crippen LogP contribution in [-0.2, 0) is 4.79 Å². The highest BCUT2D eigenvalue weighted by Crippen LogP contribution is 2.40. The molecule has 0 bridgehead atoms. The van der Waals surface area contributed by atoms with E-state index in [1.165, 1.54) is 23.9 Å². The molecule has 1 aliphatic carbocycles. The maximum absolute atomic E-state index is 12.4. The van der Waals surface area contributed by atoms with Gasteiger partial charge in [0.25, 0.3) is 0 Å². The van der Waals surface area contributed by atoms with Gasteiger partial charge in [0.05, 0.1) is 5.75 Å². The van der Waals surface area contributed by atoms with E-state index in [9.17, 15) is 4.79 Å². The summed E-state index contributed by atoms with van der Waals surface area (Å²) in [6, 6.07) is 10.7. The minimum absolute atomic E-state index is 0.115. The number of piperidine rings is 1. The summed E-state index contributed by atoms with van der Waals surface area (Å²) < 4.78 is 0. The number of thioether (sulfide) groups is 1. The van der Waals surface area contributed by atoms with Crippen LogP contribution in [0, 0.1) is 0 Å². The van der Waals surface area contributed by atoms with Crippen LogP contribution < -0.4 is 10.2 Å². The number of carbonyl (C=O) groups excluding carboxylic acids is 1. The molecule has 1 saturated heterocycles. The minimum Gasteiger partial charge on any atom is -0.360 e. The van der Waals surface area contributed by atoms with Crippen LogP contribution >= 0.6 is 11.8 Å². The number of nitrogens with zero attached hydrogens (tertiary/aromatic N) is 2. The molecule has 1 aromatic carbocycles. The third kappa shape index (κ3) is 3.76. The summed E-state index contributed by atoms with van der Waals surface area (Å²) in [5.41, 5.74) is 2.39. The molecule has 3 N–H and O–H groups in total. The quantitative estimate of drug-likeness (QED) is 0.557. The molecule has 0 atom stereocenters. The molecule has 3 heterocycles. The zero-order valence-corrected chi connectivity index (χ0v) is 16.6. The molecule has 1 aliphatic heterocycles. The summed E-state index contributed by atoms with van der Waals surface area (Å²) in [7, 11) is 0. The number of amides is 1. The van der Waals surface area contributed by atoms with E-state index in [0.29, 0.717) is 11.7 Å². The number of aromatic nitrogens is 3. The van der Waals surface area contributed by atoms with Crippen LogP contribution in [0.2, 0.25) is 0 Å². The number of aromatic amines is 2. The van der Waals surface area contributed by atoms with Crippen molar-refractivity contribution in [2.45, 2.75) is 42.5 Å².